The summed E-state index contributed by atoms with van der Waals surface area (Å²) in [4.78, 5) is 26.5. The van der Waals surface area contributed by atoms with Crippen molar-refractivity contribution in [1.82, 2.24) is 34.5 Å². The van der Waals surface area contributed by atoms with Gasteiger partial charge in [0.25, 0.3) is 5.56 Å². The monoisotopic (exact) mass is 730 g/mol. The molecule has 3 saturated heterocycles. The summed E-state index contributed by atoms with van der Waals surface area (Å²) in [5.41, 5.74) is 10.7. The first-order valence-corrected chi connectivity index (χ1v) is 18.6. The standard InChI is InChI=1S/C20H23F3N10O9P2S2/c21-9-7-3-37-44(36,46)42-13-8(40-18(20(13,22)23)33-14-10(30-31-33)6(24)1-2-26-14)4-38-43(35,45)41-12(9)17(39-7)32-5-27-11-15(32)28-19(25)29-16(11)34/h2,5-9,12-13,17-18H,1,3-4,24H2,(H,35,45)(H,36,46)(H3,25,28,29,34)/t6?,7-,8-,9-,12-,13-,17-,18-,43?,44?/m1/s1. The molecule has 0 aromatic carbocycles. The topological polar surface area (TPSA) is 248 Å². The Balaban J connectivity index is 1.22. The SMILES string of the molecule is Nc1nc2c(ncn2[C@@H]2O[C@@H]3COP(=O)(S)O[C@@H]4[C@@H](COP(=O)(S)O[C@@H]2[C@@H]3F)O[C@@H](n2nnc3c2N=CCC3N)C4(F)F)c(=O)[nH]1. The lowest BCUT2D eigenvalue weighted by atomic mass is 10.1. The van der Waals surface area contributed by atoms with Gasteiger partial charge in [0.1, 0.15) is 24.0 Å². The third-order valence-corrected chi connectivity index (χ3v) is 10.7. The molecule has 0 spiro atoms. The van der Waals surface area contributed by atoms with Crippen molar-refractivity contribution in [2.24, 2.45) is 10.7 Å². The first kappa shape index (κ1) is 32.2. The molecule has 3 unspecified atom stereocenters. The minimum atomic E-state index is -4.75. The molecule has 2 bridgehead atoms. The van der Waals surface area contributed by atoms with E-state index in [0.29, 0.717) is 11.1 Å². The van der Waals surface area contributed by atoms with Crippen molar-refractivity contribution in [2.75, 3.05) is 18.9 Å². The molecule has 0 radical (unpaired) electrons. The lowest BCUT2D eigenvalue weighted by Gasteiger charge is -2.27. The fourth-order valence-electron chi connectivity index (χ4n) is 5.38. The average molecular weight is 731 g/mol. The molecule has 250 valence electrons. The van der Waals surface area contributed by atoms with Gasteiger partial charge in [0.05, 0.1) is 25.6 Å². The molecule has 4 aliphatic rings. The predicted molar refractivity (Wildman–Crippen MR) is 155 cm³/mol. The van der Waals surface area contributed by atoms with E-state index in [9.17, 15) is 13.9 Å². The number of thiol groups is 2. The molecule has 3 fully saturated rings. The van der Waals surface area contributed by atoms with Crippen LogP contribution in [0.5, 0.6) is 0 Å². The number of halogens is 3. The van der Waals surface area contributed by atoms with Gasteiger partial charge >= 0.3 is 19.5 Å². The number of imidazole rings is 1. The van der Waals surface area contributed by atoms with Gasteiger partial charge in [0, 0.05) is 12.6 Å². The highest BCUT2D eigenvalue weighted by Crippen LogP contribution is 2.62. The zero-order valence-electron chi connectivity index (χ0n) is 22.8. The van der Waals surface area contributed by atoms with Crippen LogP contribution in [0.3, 0.4) is 0 Å². The average Bonchev–Trinajstić information content (AvgIpc) is 3.71. The zero-order chi connectivity index (χ0) is 32.8. The van der Waals surface area contributed by atoms with E-state index in [2.05, 4.69) is 54.8 Å². The van der Waals surface area contributed by atoms with E-state index in [1.807, 2.05) is 0 Å². The fourth-order valence-corrected chi connectivity index (χ4v) is 8.29. The number of nitrogen functional groups attached to an aromatic ring is 1. The van der Waals surface area contributed by atoms with Gasteiger partial charge in [-0.15, -0.1) is 5.10 Å². The number of aromatic nitrogens is 7. The maximum absolute atomic E-state index is 16.0. The second-order valence-electron chi connectivity index (χ2n) is 10.5. The van der Waals surface area contributed by atoms with Crippen LogP contribution < -0.4 is 17.0 Å². The van der Waals surface area contributed by atoms with Crippen LogP contribution >= 0.6 is 38.1 Å². The second kappa shape index (κ2) is 11.4. The third-order valence-electron chi connectivity index (χ3n) is 7.49. The van der Waals surface area contributed by atoms with Crippen molar-refractivity contribution in [2.45, 2.75) is 61.4 Å². The Labute approximate surface area is 264 Å². The van der Waals surface area contributed by atoms with Crippen LogP contribution in [0.2, 0.25) is 0 Å². The Morgan fingerprint density at radius 2 is 1.83 bits per heavy atom. The molecular formula is C20H23F3N10O9P2S2. The van der Waals surface area contributed by atoms with Crippen molar-refractivity contribution >= 4 is 67.2 Å². The van der Waals surface area contributed by atoms with Crippen LogP contribution in [0.1, 0.15) is 30.6 Å². The summed E-state index contributed by atoms with van der Waals surface area (Å²) >= 11 is 7.74. The molecular weight excluding hydrogens is 707 g/mol. The highest BCUT2D eigenvalue weighted by Gasteiger charge is 2.64. The molecule has 26 heteroatoms. The molecule has 3 aromatic rings. The van der Waals surface area contributed by atoms with Gasteiger partial charge in [0.15, 0.2) is 35.5 Å². The molecule has 3 aromatic heterocycles. The Morgan fingerprint density at radius 1 is 1.11 bits per heavy atom. The largest absolute Gasteiger partial charge is 0.386 e. The maximum atomic E-state index is 16.0. The third kappa shape index (κ3) is 5.51. The summed E-state index contributed by atoms with van der Waals surface area (Å²) in [7, 11) is 0. The molecule has 19 nitrogen and oxygen atoms in total. The van der Waals surface area contributed by atoms with Gasteiger partial charge in [-0.3, -0.25) is 32.4 Å². The van der Waals surface area contributed by atoms with Crippen LogP contribution in [0, 0.1) is 0 Å². The van der Waals surface area contributed by atoms with Crippen molar-refractivity contribution < 1.29 is 49.9 Å². The number of nitrogens with two attached hydrogens (primary N) is 2. The fraction of sp³-hybridized carbons (Fsp3) is 0.600. The number of fused-ring (bicyclic) bond motifs is 5. The van der Waals surface area contributed by atoms with E-state index in [0.717, 1.165) is 10.9 Å². The van der Waals surface area contributed by atoms with Crippen LogP contribution in [0.15, 0.2) is 16.1 Å². The Kier molecular flexibility index (Phi) is 7.95. The smallest absolute Gasteiger partial charge is 0.369 e. The van der Waals surface area contributed by atoms with Gasteiger partial charge < -0.3 is 20.9 Å². The number of alkyl halides is 3. The number of aliphatic imine (C=N–C) groups is 1. The number of ether oxygens (including phenoxy) is 2. The summed E-state index contributed by atoms with van der Waals surface area (Å²) in [5, 5.41) is 7.57. The van der Waals surface area contributed by atoms with Crippen LogP contribution in [-0.4, -0.2) is 90.5 Å². The minimum Gasteiger partial charge on any atom is -0.369 e. The molecule has 0 saturated carbocycles. The maximum Gasteiger partial charge on any atom is 0.386 e. The highest BCUT2D eigenvalue weighted by atomic mass is 32.7. The van der Waals surface area contributed by atoms with Crippen molar-refractivity contribution in [3.63, 3.8) is 0 Å². The van der Waals surface area contributed by atoms with E-state index in [1.165, 1.54) is 6.21 Å². The molecule has 10 atom stereocenters. The van der Waals surface area contributed by atoms with Crippen molar-refractivity contribution in [1.29, 1.82) is 0 Å². The number of hydrogen-bond donors (Lipinski definition) is 5. The number of anilines is 1. The van der Waals surface area contributed by atoms with Crippen molar-refractivity contribution in [3.05, 3.63) is 22.4 Å². The molecule has 5 N–H and O–H groups in total. The molecule has 4 aliphatic heterocycles. The number of aromatic amines is 1. The van der Waals surface area contributed by atoms with E-state index >= 15 is 13.2 Å². The highest BCUT2D eigenvalue weighted by molar-refractivity contribution is 8.44. The summed E-state index contributed by atoms with van der Waals surface area (Å²) in [6.07, 6.45) is -10.9. The van der Waals surface area contributed by atoms with Gasteiger partial charge in [-0.25, -0.2) is 23.5 Å². The van der Waals surface area contributed by atoms with E-state index in [4.69, 9.17) is 39.0 Å². The number of hydrogen-bond acceptors (Lipinski definition) is 16. The summed E-state index contributed by atoms with van der Waals surface area (Å²) < 4.78 is 109. The summed E-state index contributed by atoms with van der Waals surface area (Å²) in [6.45, 7) is -11.2. The molecule has 7 heterocycles. The Morgan fingerprint density at radius 3 is 2.59 bits per heavy atom. The van der Waals surface area contributed by atoms with Crippen LogP contribution in [0.4, 0.5) is 24.9 Å². The van der Waals surface area contributed by atoms with Gasteiger partial charge in [-0.05, 0) is 0 Å². The van der Waals surface area contributed by atoms with Gasteiger partial charge in [-0.1, -0.05) is 29.7 Å². The normalized spacial score (nSPS) is 39.3. The van der Waals surface area contributed by atoms with Crippen LogP contribution in [0.25, 0.3) is 11.2 Å². The summed E-state index contributed by atoms with van der Waals surface area (Å²) in [6, 6.07) is -0.666. The van der Waals surface area contributed by atoms with Gasteiger partial charge in [0.2, 0.25) is 12.2 Å². The Bertz CT molecular complexity index is 1880. The first-order valence-electron chi connectivity index (χ1n) is 13.2. The minimum absolute atomic E-state index is 0.106. The first-order chi connectivity index (χ1) is 21.6. The zero-order valence-corrected chi connectivity index (χ0v) is 26.4. The van der Waals surface area contributed by atoms with Gasteiger partial charge in [-0.2, -0.15) is 18.4 Å². The lowest BCUT2D eigenvalue weighted by Crippen LogP contribution is -2.41. The van der Waals surface area contributed by atoms with E-state index < -0.39 is 87.4 Å². The van der Waals surface area contributed by atoms with E-state index in [1.54, 1.807) is 0 Å². The molecule has 0 amide bonds. The van der Waals surface area contributed by atoms with Crippen molar-refractivity contribution in [3.8, 4) is 0 Å². The van der Waals surface area contributed by atoms with Crippen LogP contribution in [-0.2, 0) is 36.7 Å². The van der Waals surface area contributed by atoms with E-state index in [-0.39, 0.29) is 28.6 Å². The molecule has 46 heavy (non-hydrogen) atoms. The second-order valence-corrected chi connectivity index (χ2v) is 16.3. The molecule has 7 rings (SSSR count). The number of rotatable bonds is 2. The number of nitrogens with one attached hydrogen (secondary N) is 1. The quantitative estimate of drug-likeness (QED) is 0.186. The number of H-pyrrole nitrogens is 1. The predicted octanol–water partition coefficient (Wildman–Crippen LogP) is 1.76. The number of nitrogens with zero attached hydrogens (tertiary/aromatic N) is 7. The summed E-state index contributed by atoms with van der Waals surface area (Å²) in [5.74, 6) is -4.44. The molecule has 0 aliphatic carbocycles. The Hall–Kier alpha value is -2.37. The lowest BCUT2D eigenvalue weighted by molar-refractivity contribution is -0.140.